The second kappa shape index (κ2) is 4.55. The highest BCUT2D eigenvalue weighted by Gasteiger charge is 2.16. The summed E-state index contributed by atoms with van der Waals surface area (Å²) in [6, 6.07) is 0. The van der Waals surface area contributed by atoms with Crippen molar-refractivity contribution in [1.29, 1.82) is 0 Å². The summed E-state index contributed by atoms with van der Waals surface area (Å²) in [6.45, 7) is 3.98. The average Bonchev–Trinajstić information content (AvgIpc) is 2.14. The molecule has 6 heteroatoms. The average molecular weight is 229 g/mol. The van der Waals surface area contributed by atoms with E-state index in [9.17, 15) is 4.79 Å². The van der Waals surface area contributed by atoms with E-state index in [1.165, 1.54) is 12.5 Å². The van der Waals surface area contributed by atoms with Gasteiger partial charge in [-0.3, -0.25) is 4.79 Å². The number of nitrogens with one attached hydrogen (secondary N) is 1. The quantitative estimate of drug-likeness (QED) is 0.794. The lowest BCUT2D eigenvalue weighted by atomic mass is 10.1. The molecule has 0 aromatic carbocycles. The van der Waals surface area contributed by atoms with Gasteiger partial charge in [0, 0.05) is 18.3 Å². The largest absolute Gasteiger partial charge is 0.349 e. The van der Waals surface area contributed by atoms with E-state index in [4.69, 9.17) is 17.3 Å². The van der Waals surface area contributed by atoms with Crippen LogP contribution in [0.25, 0.3) is 0 Å². The monoisotopic (exact) mass is 228 g/mol. The second-order valence-corrected chi connectivity index (χ2v) is 4.30. The Balaban J connectivity index is 2.66. The van der Waals surface area contributed by atoms with E-state index in [2.05, 4.69) is 15.3 Å². The van der Waals surface area contributed by atoms with E-state index >= 15 is 0 Å². The predicted molar refractivity (Wildman–Crippen MR) is 57.6 cm³/mol. The molecule has 0 radical (unpaired) electrons. The van der Waals surface area contributed by atoms with Crippen LogP contribution in [0.3, 0.4) is 0 Å². The SMILES string of the molecule is CC(C)(N)CNC(=O)c1ncncc1Cl. The van der Waals surface area contributed by atoms with Crippen LogP contribution in [0.4, 0.5) is 0 Å². The first-order valence-corrected chi connectivity index (χ1v) is 4.80. The molecule has 0 spiro atoms. The highest BCUT2D eigenvalue weighted by atomic mass is 35.5. The maximum atomic E-state index is 11.6. The van der Waals surface area contributed by atoms with Gasteiger partial charge in [-0.05, 0) is 13.8 Å². The van der Waals surface area contributed by atoms with Gasteiger partial charge in [0.05, 0.1) is 5.02 Å². The topological polar surface area (TPSA) is 80.9 Å². The standard InChI is InChI=1S/C9H13ClN4O/c1-9(2,11)4-13-8(15)7-6(10)3-12-5-14-7/h3,5H,4,11H2,1-2H3,(H,13,15). The van der Waals surface area contributed by atoms with E-state index in [0.717, 1.165) is 0 Å². The van der Waals surface area contributed by atoms with E-state index in [1.54, 1.807) is 0 Å². The normalized spacial score (nSPS) is 11.2. The fourth-order valence-corrected chi connectivity index (χ4v) is 1.06. The van der Waals surface area contributed by atoms with Crippen molar-refractivity contribution in [3.8, 4) is 0 Å². The van der Waals surface area contributed by atoms with E-state index < -0.39 is 5.54 Å². The molecule has 0 unspecified atom stereocenters. The van der Waals surface area contributed by atoms with Crippen LogP contribution in [0, 0.1) is 0 Å². The molecule has 0 bridgehead atoms. The number of rotatable bonds is 3. The van der Waals surface area contributed by atoms with Crippen molar-refractivity contribution in [2.45, 2.75) is 19.4 Å². The Bertz CT molecular complexity index is 361. The molecular weight excluding hydrogens is 216 g/mol. The van der Waals surface area contributed by atoms with E-state index in [1.807, 2.05) is 13.8 Å². The summed E-state index contributed by atoms with van der Waals surface area (Å²) in [5.74, 6) is -0.346. The summed E-state index contributed by atoms with van der Waals surface area (Å²) in [7, 11) is 0. The van der Waals surface area contributed by atoms with Gasteiger partial charge in [-0.25, -0.2) is 9.97 Å². The first-order chi connectivity index (χ1) is 6.90. The lowest BCUT2D eigenvalue weighted by molar-refractivity contribution is 0.0941. The van der Waals surface area contributed by atoms with Gasteiger partial charge >= 0.3 is 0 Å². The zero-order valence-corrected chi connectivity index (χ0v) is 9.38. The first-order valence-electron chi connectivity index (χ1n) is 4.43. The van der Waals surface area contributed by atoms with Crippen LogP contribution >= 0.6 is 11.6 Å². The molecule has 1 aromatic rings. The molecule has 1 heterocycles. The molecule has 1 rings (SSSR count). The van der Waals surface area contributed by atoms with Gasteiger partial charge in [0.15, 0.2) is 0 Å². The van der Waals surface area contributed by atoms with Gasteiger partial charge in [0.25, 0.3) is 5.91 Å². The van der Waals surface area contributed by atoms with Crippen LogP contribution in [-0.2, 0) is 0 Å². The van der Waals surface area contributed by atoms with E-state index in [0.29, 0.717) is 6.54 Å². The van der Waals surface area contributed by atoms with Crippen LogP contribution in [0.15, 0.2) is 12.5 Å². The van der Waals surface area contributed by atoms with E-state index in [-0.39, 0.29) is 16.6 Å². The first kappa shape index (κ1) is 11.9. The molecule has 15 heavy (non-hydrogen) atoms. The lowest BCUT2D eigenvalue weighted by Crippen LogP contribution is -2.45. The number of nitrogens with zero attached hydrogens (tertiary/aromatic N) is 2. The molecule has 0 aliphatic carbocycles. The summed E-state index contributed by atoms with van der Waals surface area (Å²) < 4.78 is 0. The summed E-state index contributed by atoms with van der Waals surface area (Å²) in [6.07, 6.45) is 2.64. The van der Waals surface area contributed by atoms with Crippen LogP contribution in [-0.4, -0.2) is 28.0 Å². The Morgan fingerprint density at radius 2 is 2.33 bits per heavy atom. The highest BCUT2D eigenvalue weighted by Crippen LogP contribution is 2.10. The third-order valence-corrected chi connectivity index (χ3v) is 1.86. The Labute approximate surface area is 93.0 Å². The van der Waals surface area contributed by atoms with Gasteiger partial charge in [-0.15, -0.1) is 0 Å². The third-order valence-electron chi connectivity index (χ3n) is 1.59. The Morgan fingerprint density at radius 1 is 1.67 bits per heavy atom. The van der Waals surface area contributed by atoms with Crippen molar-refractivity contribution in [1.82, 2.24) is 15.3 Å². The predicted octanol–water partition coefficient (Wildman–Crippen LogP) is 0.597. The van der Waals surface area contributed by atoms with Crippen LogP contribution in [0.5, 0.6) is 0 Å². The molecule has 0 atom stereocenters. The van der Waals surface area contributed by atoms with Crippen molar-refractivity contribution in [3.63, 3.8) is 0 Å². The van der Waals surface area contributed by atoms with Crippen molar-refractivity contribution in [2.24, 2.45) is 5.73 Å². The summed E-state index contributed by atoms with van der Waals surface area (Å²) in [5, 5.41) is 2.87. The molecule has 1 amide bonds. The molecule has 0 saturated carbocycles. The number of hydrogen-bond donors (Lipinski definition) is 2. The number of aromatic nitrogens is 2. The molecule has 0 aliphatic rings. The Morgan fingerprint density at radius 3 is 2.87 bits per heavy atom. The molecule has 0 saturated heterocycles. The van der Waals surface area contributed by atoms with Gasteiger partial charge in [0.1, 0.15) is 12.0 Å². The van der Waals surface area contributed by atoms with Crippen molar-refractivity contribution < 1.29 is 4.79 Å². The number of halogens is 1. The fraction of sp³-hybridized carbons (Fsp3) is 0.444. The number of carbonyl (C=O) groups excluding carboxylic acids is 1. The Hall–Kier alpha value is -1.20. The van der Waals surface area contributed by atoms with Crippen molar-refractivity contribution in [2.75, 3.05) is 6.54 Å². The van der Waals surface area contributed by atoms with Gasteiger partial charge in [-0.2, -0.15) is 0 Å². The minimum absolute atomic E-state index is 0.163. The molecule has 82 valence electrons. The number of carbonyl (C=O) groups is 1. The minimum Gasteiger partial charge on any atom is -0.349 e. The molecule has 5 nitrogen and oxygen atoms in total. The second-order valence-electron chi connectivity index (χ2n) is 3.89. The molecule has 0 aliphatic heterocycles. The van der Waals surface area contributed by atoms with Crippen LogP contribution in [0.2, 0.25) is 5.02 Å². The molecule has 3 N–H and O–H groups in total. The zero-order chi connectivity index (χ0) is 11.5. The van der Waals surface area contributed by atoms with Gasteiger partial charge < -0.3 is 11.1 Å². The van der Waals surface area contributed by atoms with Crippen molar-refractivity contribution in [3.05, 3.63) is 23.2 Å². The minimum atomic E-state index is -0.463. The smallest absolute Gasteiger partial charge is 0.271 e. The maximum Gasteiger partial charge on any atom is 0.271 e. The van der Waals surface area contributed by atoms with Gasteiger partial charge in [0.2, 0.25) is 0 Å². The molecule has 1 aromatic heterocycles. The number of hydrogen-bond acceptors (Lipinski definition) is 4. The van der Waals surface area contributed by atoms with Crippen LogP contribution in [0.1, 0.15) is 24.3 Å². The molecular formula is C9H13ClN4O. The summed E-state index contributed by atoms with van der Waals surface area (Å²) >= 11 is 5.75. The zero-order valence-electron chi connectivity index (χ0n) is 8.62. The van der Waals surface area contributed by atoms with Gasteiger partial charge in [-0.1, -0.05) is 11.6 Å². The lowest BCUT2D eigenvalue weighted by Gasteiger charge is -2.18. The third kappa shape index (κ3) is 3.81. The summed E-state index contributed by atoms with van der Waals surface area (Å²) in [4.78, 5) is 19.0. The van der Waals surface area contributed by atoms with Crippen LogP contribution < -0.4 is 11.1 Å². The van der Waals surface area contributed by atoms with Crippen molar-refractivity contribution >= 4 is 17.5 Å². The maximum absolute atomic E-state index is 11.6. The number of amides is 1. The number of nitrogens with two attached hydrogens (primary N) is 1. The highest BCUT2D eigenvalue weighted by molar-refractivity contribution is 6.33. The molecule has 0 fully saturated rings. The Kier molecular flexibility index (Phi) is 3.60. The summed E-state index contributed by atoms with van der Waals surface area (Å²) in [5.41, 5.74) is 5.42. The fourth-order valence-electron chi connectivity index (χ4n) is 0.872.